The van der Waals surface area contributed by atoms with Crippen molar-refractivity contribution in [2.45, 2.75) is 77.4 Å². The quantitative estimate of drug-likeness (QED) is 0.381. The van der Waals surface area contributed by atoms with Gasteiger partial charge in [0, 0.05) is 22.6 Å². The topological polar surface area (TPSA) is 114 Å². The number of hydrogen-bond acceptors (Lipinski definition) is 6. The summed E-state index contributed by atoms with van der Waals surface area (Å²) in [6, 6.07) is 2.74. The molecule has 0 fully saturated rings. The Bertz CT molecular complexity index is 1630. The van der Waals surface area contributed by atoms with E-state index in [4.69, 9.17) is 9.72 Å². The third-order valence-electron chi connectivity index (χ3n) is 8.55. The Morgan fingerprint density at radius 3 is 2.82 bits per heavy atom. The van der Waals surface area contributed by atoms with Gasteiger partial charge in [-0.25, -0.2) is 9.37 Å². The molecule has 9 heteroatoms. The van der Waals surface area contributed by atoms with Crippen LogP contribution in [0.4, 0.5) is 4.39 Å². The van der Waals surface area contributed by atoms with Gasteiger partial charge in [-0.1, -0.05) is 20.4 Å². The lowest BCUT2D eigenvalue weighted by atomic mass is 9.81. The third-order valence-corrected chi connectivity index (χ3v) is 8.55. The Labute approximate surface area is 218 Å². The number of hydrogen-bond donors (Lipinski definition) is 3. The second-order valence-electron chi connectivity index (χ2n) is 10.5. The Morgan fingerprint density at radius 2 is 2.11 bits per heavy atom. The molecule has 2 aliphatic heterocycles. The fourth-order valence-corrected chi connectivity index (χ4v) is 6.27. The van der Waals surface area contributed by atoms with Crippen LogP contribution in [0.1, 0.15) is 72.5 Å². The van der Waals surface area contributed by atoms with Gasteiger partial charge in [-0.2, -0.15) is 0 Å². The predicted molar refractivity (Wildman–Crippen MR) is 139 cm³/mol. The van der Waals surface area contributed by atoms with Gasteiger partial charge in [0.05, 0.1) is 35.1 Å². The molecule has 1 aliphatic carbocycles. The Kier molecular flexibility index (Phi) is 5.52. The fraction of sp³-hybridized carbons (Fsp3) is 0.414. The van der Waals surface area contributed by atoms with Crippen LogP contribution < -0.4 is 10.9 Å². The minimum atomic E-state index is -1.51. The first-order valence-corrected chi connectivity index (χ1v) is 13.1. The van der Waals surface area contributed by atoms with Crippen molar-refractivity contribution in [2.24, 2.45) is 0 Å². The van der Waals surface area contributed by atoms with Crippen molar-refractivity contribution in [1.82, 2.24) is 14.9 Å². The van der Waals surface area contributed by atoms with Crippen LogP contribution in [-0.2, 0) is 34.7 Å². The molecule has 2 aromatic heterocycles. The fourth-order valence-electron chi connectivity index (χ4n) is 6.27. The van der Waals surface area contributed by atoms with E-state index in [1.165, 1.54) is 6.07 Å². The lowest BCUT2D eigenvalue weighted by molar-refractivity contribution is -0.130. The van der Waals surface area contributed by atoms with Crippen LogP contribution in [0.3, 0.4) is 0 Å². The van der Waals surface area contributed by atoms with E-state index in [9.17, 15) is 24.2 Å². The van der Waals surface area contributed by atoms with E-state index >= 15 is 0 Å². The van der Waals surface area contributed by atoms with Crippen molar-refractivity contribution >= 4 is 16.8 Å². The monoisotopic (exact) mass is 519 g/mol. The van der Waals surface area contributed by atoms with E-state index < -0.39 is 23.7 Å². The van der Waals surface area contributed by atoms with Gasteiger partial charge in [-0.05, 0) is 55.4 Å². The van der Waals surface area contributed by atoms with Crippen LogP contribution in [0.2, 0.25) is 0 Å². The number of rotatable bonds is 4. The largest absolute Gasteiger partial charge is 0.490 e. The molecule has 0 saturated heterocycles. The number of aromatic nitrogens is 2. The van der Waals surface area contributed by atoms with E-state index in [1.807, 2.05) is 0 Å². The highest BCUT2D eigenvalue weighted by atomic mass is 19.1. The molecule has 3 aliphatic rings. The molecule has 1 aromatic carbocycles. The first-order valence-electron chi connectivity index (χ1n) is 13.1. The van der Waals surface area contributed by atoms with E-state index in [-0.39, 0.29) is 43.1 Å². The van der Waals surface area contributed by atoms with Gasteiger partial charge in [0.15, 0.2) is 0 Å². The second-order valence-corrected chi connectivity index (χ2v) is 10.5. The van der Waals surface area contributed by atoms with Crippen LogP contribution in [0.15, 0.2) is 29.3 Å². The summed E-state index contributed by atoms with van der Waals surface area (Å²) >= 11 is 0. The number of carbonyl (C=O) groups excluding carboxylic acids is 1. The number of aliphatic hydroxyl groups excluding tert-OH is 1. The summed E-state index contributed by atoms with van der Waals surface area (Å²) in [4.78, 5) is 31.3. The molecule has 3 atom stereocenters. The smallest absolute Gasteiger partial charge is 0.258 e. The first kappa shape index (κ1) is 24.8. The molecule has 6 rings (SSSR count). The highest BCUT2D eigenvalue weighted by Crippen LogP contribution is 2.46. The van der Waals surface area contributed by atoms with Gasteiger partial charge < -0.3 is 24.8 Å². The van der Waals surface area contributed by atoms with Crippen LogP contribution in [0, 0.1) is 12.7 Å². The number of amides is 1. The van der Waals surface area contributed by atoms with Crippen molar-refractivity contribution < 1.29 is 24.1 Å². The van der Waals surface area contributed by atoms with E-state index in [0.717, 1.165) is 22.1 Å². The predicted octanol–water partition coefficient (Wildman–Crippen LogP) is 3.39. The van der Waals surface area contributed by atoms with Crippen LogP contribution >= 0.6 is 0 Å². The summed E-state index contributed by atoms with van der Waals surface area (Å²) in [5.74, 6) is -0.634. The lowest BCUT2D eigenvalue weighted by Crippen LogP contribution is -2.39. The molecule has 38 heavy (non-hydrogen) atoms. The van der Waals surface area contributed by atoms with E-state index in [0.29, 0.717) is 46.4 Å². The molecule has 0 bridgehead atoms. The average Bonchev–Trinajstić information content (AvgIpc) is 3.28. The Hall–Kier alpha value is -3.56. The summed E-state index contributed by atoms with van der Waals surface area (Å²) in [6.07, 6.45) is 0.486. The molecule has 1 amide bonds. The Balaban J connectivity index is 1.63. The van der Waals surface area contributed by atoms with Gasteiger partial charge in [0.1, 0.15) is 29.9 Å². The zero-order valence-corrected chi connectivity index (χ0v) is 21.7. The molecule has 4 heterocycles. The molecular formula is C29H30FN3O5. The maximum Gasteiger partial charge on any atom is 0.258 e. The molecule has 0 radical (unpaired) electrons. The highest BCUT2D eigenvalue weighted by molar-refractivity contribution is 5.93. The summed E-state index contributed by atoms with van der Waals surface area (Å²) in [5.41, 5.74) is 3.49. The van der Waals surface area contributed by atoms with Crippen molar-refractivity contribution in [3.8, 4) is 11.4 Å². The molecule has 0 saturated carbocycles. The van der Waals surface area contributed by atoms with Gasteiger partial charge in [-0.3, -0.25) is 9.59 Å². The van der Waals surface area contributed by atoms with Gasteiger partial charge in [0.2, 0.25) is 5.91 Å². The van der Waals surface area contributed by atoms with Gasteiger partial charge >= 0.3 is 0 Å². The molecule has 8 nitrogen and oxygen atoms in total. The lowest BCUT2D eigenvalue weighted by Gasteiger charge is -2.35. The molecule has 198 valence electrons. The number of aliphatic hydroxyl groups is 2. The van der Waals surface area contributed by atoms with Crippen molar-refractivity contribution in [2.75, 3.05) is 0 Å². The molecule has 3 aromatic rings. The third kappa shape index (κ3) is 3.24. The minimum absolute atomic E-state index is 0.0103. The zero-order valence-electron chi connectivity index (χ0n) is 21.7. The number of halogens is 1. The SMILES string of the molecule is C=C1OCc2c(cc3n(c2=O)Cc2c-3nc3cc(F)c(C)c4c3c2[C@@H](NC(=O)C(O)CC)CC4)[C@@]1(O)CC. The van der Waals surface area contributed by atoms with Crippen molar-refractivity contribution in [1.29, 1.82) is 0 Å². The van der Waals surface area contributed by atoms with Crippen LogP contribution in [-0.4, -0.2) is 31.8 Å². The normalized spacial score (nSPS) is 21.9. The molecule has 3 N–H and O–H groups in total. The summed E-state index contributed by atoms with van der Waals surface area (Å²) in [6.45, 7) is 9.37. The maximum absolute atomic E-state index is 15.0. The standard InChI is InChI=1S/C29H30FN3O5/c1-5-23(34)27(35)32-20-8-7-15-13(3)19(30)10-21-24(15)25(20)16-11-33-22(26(16)31-21)9-18-17(28(33)36)12-38-14(4)29(18,37)6-2/h9-10,20,23,34,37H,4-8,11-12H2,1-3H3,(H,32,35)/t20-,23?,29+/m0/s1. The summed E-state index contributed by atoms with van der Waals surface area (Å²) in [7, 11) is 0. The number of aryl methyl sites for hydroxylation is 1. The average molecular weight is 520 g/mol. The molecular weight excluding hydrogens is 489 g/mol. The highest BCUT2D eigenvalue weighted by Gasteiger charge is 2.42. The number of ether oxygens (including phenoxy) is 1. The second kappa shape index (κ2) is 8.47. The molecule has 1 unspecified atom stereocenters. The number of nitrogens with zero attached hydrogens (tertiary/aromatic N) is 2. The summed E-state index contributed by atoms with van der Waals surface area (Å²) < 4.78 is 22.2. The Morgan fingerprint density at radius 1 is 1.34 bits per heavy atom. The van der Waals surface area contributed by atoms with Gasteiger partial charge in [-0.15, -0.1) is 0 Å². The van der Waals surface area contributed by atoms with Crippen molar-refractivity contribution in [3.05, 3.63) is 74.0 Å². The van der Waals surface area contributed by atoms with Crippen LogP contribution in [0.5, 0.6) is 0 Å². The van der Waals surface area contributed by atoms with Crippen LogP contribution in [0.25, 0.3) is 22.3 Å². The zero-order chi connectivity index (χ0) is 27.1. The number of nitrogens with one attached hydrogen (secondary N) is 1. The minimum Gasteiger partial charge on any atom is -0.490 e. The number of pyridine rings is 2. The molecule has 0 spiro atoms. The summed E-state index contributed by atoms with van der Waals surface area (Å²) in [5, 5.41) is 25.3. The number of benzene rings is 1. The van der Waals surface area contributed by atoms with Gasteiger partial charge in [0.25, 0.3) is 5.56 Å². The van der Waals surface area contributed by atoms with E-state index in [1.54, 1.807) is 31.4 Å². The maximum atomic E-state index is 15.0. The van der Waals surface area contributed by atoms with Crippen molar-refractivity contribution in [3.63, 3.8) is 0 Å². The van der Waals surface area contributed by atoms with E-state index in [2.05, 4.69) is 11.9 Å². The first-order chi connectivity index (χ1) is 18.1. The number of fused-ring (bicyclic) bond motifs is 5. The number of carbonyl (C=O) groups is 1.